The molecule has 3 N–H and O–H groups in total. The number of aliphatic hydroxyl groups excluding tert-OH is 1. The van der Waals surface area contributed by atoms with Crippen molar-refractivity contribution in [2.75, 3.05) is 18.9 Å². The molecular weight excluding hydrogens is 364 g/mol. The fourth-order valence-corrected chi connectivity index (χ4v) is 4.25. The third-order valence-corrected chi connectivity index (χ3v) is 5.95. The Kier molecular flexibility index (Phi) is 6.00. The molecule has 4 rings (SSSR count). The molecule has 2 aromatic heterocycles. The lowest BCUT2D eigenvalue weighted by atomic mass is 9.82. The van der Waals surface area contributed by atoms with Gasteiger partial charge in [-0.25, -0.2) is 9.97 Å². The fourth-order valence-electron chi connectivity index (χ4n) is 4.25. The van der Waals surface area contributed by atoms with E-state index < -0.39 is 0 Å². The lowest BCUT2D eigenvalue weighted by Gasteiger charge is -2.26. The number of imidazole rings is 1. The molecular formula is C23H30N4O2. The summed E-state index contributed by atoms with van der Waals surface area (Å²) in [4.78, 5) is 9.37. The Morgan fingerprint density at radius 1 is 1.24 bits per heavy atom. The highest BCUT2D eigenvalue weighted by Gasteiger charge is 2.27. The molecule has 3 aromatic rings. The lowest BCUT2D eigenvalue weighted by molar-refractivity contribution is 0.181. The molecule has 1 aliphatic carbocycles. The average Bonchev–Trinajstić information content (AvgIpc) is 3.15. The van der Waals surface area contributed by atoms with E-state index >= 15 is 0 Å². The number of anilines is 1. The highest BCUT2D eigenvalue weighted by atomic mass is 16.5. The molecule has 0 aliphatic heterocycles. The Morgan fingerprint density at radius 3 is 2.83 bits per heavy atom. The molecule has 1 fully saturated rings. The molecule has 1 saturated carbocycles. The quantitative estimate of drug-likeness (QED) is 0.579. The van der Waals surface area contributed by atoms with E-state index in [1.54, 1.807) is 6.20 Å². The van der Waals surface area contributed by atoms with Crippen LogP contribution in [0.1, 0.15) is 57.2 Å². The lowest BCUT2D eigenvalue weighted by Crippen LogP contribution is -2.17. The van der Waals surface area contributed by atoms with E-state index in [0.29, 0.717) is 24.3 Å². The zero-order valence-corrected chi connectivity index (χ0v) is 17.1. The van der Waals surface area contributed by atoms with Crippen molar-refractivity contribution in [3.63, 3.8) is 0 Å². The topological polar surface area (TPSA) is 85.7 Å². The molecule has 0 amide bonds. The van der Waals surface area contributed by atoms with Crippen molar-refractivity contribution < 1.29 is 9.84 Å². The van der Waals surface area contributed by atoms with Gasteiger partial charge in [0.05, 0.1) is 6.61 Å². The Bertz CT molecular complexity index is 961. The Morgan fingerprint density at radius 2 is 2.07 bits per heavy atom. The largest absolute Gasteiger partial charge is 0.494 e. The molecule has 29 heavy (non-hydrogen) atoms. The first-order chi connectivity index (χ1) is 14.2. The molecule has 0 atom stereocenters. The fraction of sp³-hybridized carbons (Fsp3) is 0.478. The number of nitrogen functional groups attached to an aromatic ring is 1. The highest BCUT2D eigenvalue weighted by molar-refractivity contribution is 5.85. The predicted molar refractivity (Wildman–Crippen MR) is 115 cm³/mol. The van der Waals surface area contributed by atoms with Gasteiger partial charge in [0.15, 0.2) is 0 Å². The van der Waals surface area contributed by atoms with Gasteiger partial charge in [-0.05, 0) is 50.2 Å². The Labute approximate surface area is 171 Å². The minimum absolute atomic E-state index is 0.280. The summed E-state index contributed by atoms with van der Waals surface area (Å²) in [7, 11) is 0. The maximum atomic E-state index is 9.45. The van der Waals surface area contributed by atoms with Gasteiger partial charge in [0, 0.05) is 30.5 Å². The Hall–Kier alpha value is -2.60. The van der Waals surface area contributed by atoms with Crippen molar-refractivity contribution in [3.05, 3.63) is 42.5 Å². The average molecular weight is 395 g/mol. The van der Waals surface area contributed by atoms with E-state index in [2.05, 4.69) is 16.3 Å². The maximum absolute atomic E-state index is 9.45. The van der Waals surface area contributed by atoms with Crippen LogP contribution in [0.3, 0.4) is 0 Å². The van der Waals surface area contributed by atoms with Crippen LogP contribution in [0.4, 0.5) is 5.82 Å². The monoisotopic (exact) mass is 394 g/mol. The number of rotatable bonds is 7. The molecule has 0 unspecified atom stereocenters. The number of ether oxygens (including phenoxy) is 1. The number of fused-ring (bicyclic) bond motifs is 1. The van der Waals surface area contributed by atoms with Crippen molar-refractivity contribution in [2.24, 2.45) is 5.92 Å². The van der Waals surface area contributed by atoms with E-state index in [1.807, 2.05) is 30.5 Å². The molecule has 2 heterocycles. The van der Waals surface area contributed by atoms with Crippen molar-refractivity contribution >= 4 is 11.3 Å². The smallest absolute Gasteiger partial charge is 0.150 e. The minimum Gasteiger partial charge on any atom is -0.494 e. The normalized spacial score (nSPS) is 19.5. The number of hydrogen-bond acceptors (Lipinski definition) is 5. The third-order valence-electron chi connectivity index (χ3n) is 5.95. The zero-order valence-electron chi connectivity index (χ0n) is 17.1. The van der Waals surface area contributed by atoms with Crippen LogP contribution in [-0.4, -0.2) is 32.7 Å². The van der Waals surface area contributed by atoms with Gasteiger partial charge in [-0.1, -0.05) is 25.5 Å². The van der Waals surface area contributed by atoms with Crippen molar-refractivity contribution in [1.29, 1.82) is 0 Å². The predicted octanol–water partition coefficient (Wildman–Crippen LogP) is 4.42. The number of nitrogens with two attached hydrogens (primary N) is 1. The van der Waals surface area contributed by atoms with E-state index in [9.17, 15) is 5.11 Å². The van der Waals surface area contributed by atoms with Gasteiger partial charge >= 0.3 is 0 Å². The summed E-state index contributed by atoms with van der Waals surface area (Å²) in [5.41, 5.74) is 8.99. The van der Waals surface area contributed by atoms with E-state index in [1.165, 1.54) is 0 Å². The second-order valence-corrected chi connectivity index (χ2v) is 7.98. The summed E-state index contributed by atoms with van der Waals surface area (Å²) in [5.74, 6) is 3.16. The summed E-state index contributed by atoms with van der Waals surface area (Å²) in [5, 5.41) is 9.45. The summed E-state index contributed by atoms with van der Waals surface area (Å²) in [6.07, 6.45) is 9.97. The van der Waals surface area contributed by atoms with Crippen LogP contribution in [0.5, 0.6) is 5.75 Å². The van der Waals surface area contributed by atoms with E-state index in [-0.39, 0.29) is 6.61 Å². The van der Waals surface area contributed by atoms with Crippen molar-refractivity contribution in [2.45, 2.75) is 51.4 Å². The number of unbranched alkanes of at least 4 members (excludes halogenated alkanes) is 1. The molecule has 154 valence electrons. The van der Waals surface area contributed by atoms with Crippen LogP contribution < -0.4 is 10.5 Å². The summed E-state index contributed by atoms with van der Waals surface area (Å²) in [6, 6.07) is 8.07. The number of aromatic nitrogens is 3. The minimum atomic E-state index is 0.280. The third kappa shape index (κ3) is 4.08. The van der Waals surface area contributed by atoms with Crippen LogP contribution in [0.2, 0.25) is 0 Å². The Balaban J connectivity index is 1.71. The number of benzene rings is 1. The van der Waals surface area contributed by atoms with Gasteiger partial charge in [0.1, 0.15) is 28.6 Å². The second kappa shape index (κ2) is 8.82. The highest BCUT2D eigenvalue weighted by Crippen LogP contribution is 2.38. The number of nitrogens with zero attached hydrogens (tertiary/aromatic N) is 3. The van der Waals surface area contributed by atoms with Crippen LogP contribution >= 0.6 is 0 Å². The number of hydrogen-bond donors (Lipinski definition) is 2. The summed E-state index contributed by atoms with van der Waals surface area (Å²) < 4.78 is 8.00. The van der Waals surface area contributed by atoms with Crippen molar-refractivity contribution in [1.82, 2.24) is 14.4 Å². The van der Waals surface area contributed by atoms with Gasteiger partial charge in [0.25, 0.3) is 0 Å². The van der Waals surface area contributed by atoms with Crippen LogP contribution in [-0.2, 0) is 0 Å². The molecule has 0 saturated heterocycles. The number of aliphatic hydroxyl groups is 1. The van der Waals surface area contributed by atoms with Gasteiger partial charge in [-0.3, -0.25) is 4.40 Å². The van der Waals surface area contributed by atoms with Crippen LogP contribution in [0, 0.1) is 5.92 Å². The molecule has 0 bridgehead atoms. The SMILES string of the molecule is CCCCOc1cccc(-c2nc(C3CCC(CO)CC3)n3ccnc(N)c23)c1. The second-order valence-electron chi connectivity index (χ2n) is 7.98. The standard InChI is InChI=1S/C23H30N4O2/c1-2-3-13-29-19-6-4-5-18(14-19)20-21-22(24)25-11-12-27(21)23(26-20)17-9-7-16(15-28)8-10-17/h4-6,11-12,14,16-17,28H,2-3,7-10,13,15H2,1H3,(H2,24,25). The molecule has 1 aromatic carbocycles. The van der Waals surface area contributed by atoms with Crippen molar-refractivity contribution in [3.8, 4) is 17.0 Å². The molecule has 6 nitrogen and oxygen atoms in total. The summed E-state index contributed by atoms with van der Waals surface area (Å²) in [6.45, 7) is 3.15. The molecule has 1 aliphatic rings. The van der Waals surface area contributed by atoms with E-state index in [4.69, 9.17) is 15.5 Å². The van der Waals surface area contributed by atoms with Crippen LogP contribution in [0.25, 0.3) is 16.8 Å². The first-order valence-corrected chi connectivity index (χ1v) is 10.7. The van der Waals surface area contributed by atoms with Crippen LogP contribution in [0.15, 0.2) is 36.7 Å². The first kappa shape index (κ1) is 19.7. The van der Waals surface area contributed by atoms with Gasteiger partial charge in [-0.2, -0.15) is 0 Å². The van der Waals surface area contributed by atoms with E-state index in [0.717, 1.165) is 66.9 Å². The first-order valence-electron chi connectivity index (χ1n) is 10.7. The molecule has 6 heteroatoms. The summed E-state index contributed by atoms with van der Waals surface area (Å²) >= 11 is 0. The van der Waals surface area contributed by atoms with Gasteiger partial charge < -0.3 is 15.6 Å². The van der Waals surface area contributed by atoms with Gasteiger partial charge in [0.2, 0.25) is 0 Å². The maximum Gasteiger partial charge on any atom is 0.150 e. The molecule has 0 radical (unpaired) electrons. The zero-order chi connectivity index (χ0) is 20.2. The molecule has 0 spiro atoms. The van der Waals surface area contributed by atoms with Gasteiger partial charge in [-0.15, -0.1) is 0 Å².